The molecule has 1 heterocycles. The van der Waals surface area contributed by atoms with Crippen LogP contribution < -0.4 is 10.6 Å². The van der Waals surface area contributed by atoms with Crippen LogP contribution in [-0.2, 0) is 11.3 Å². The van der Waals surface area contributed by atoms with Crippen molar-refractivity contribution >= 4 is 34.8 Å². The lowest BCUT2D eigenvalue weighted by Crippen LogP contribution is -2.39. The molecule has 2 rings (SSSR count). The van der Waals surface area contributed by atoms with Gasteiger partial charge in [-0.2, -0.15) is 0 Å². The maximum absolute atomic E-state index is 11.8. The van der Waals surface area contributed by atoms with Crippen molar-refractivity contribution in [1.82, 2.24) is 15.5 Å². The molecular weight excluding hydrogens is 356 g/mol. The summed E-state index contributed by atoms with van der Waals surface area (Å²) < 4.78 is 0. The molecule has 7 heteroatoms. The molecule has 1 aromatic carbocycles. The van der Waals surface area contributed by atoms with Crippen LogP contribution >= 0.6 is 22.9 Å². The van der Waals surface area contributed by atoms with Crippen molar-refractivity contribution in [3.05, 3.63) is 57.2 Å². The van der Waals surface area contributed by atoms with Gasteiger partial charge in [0.15, 0.2) is 5.96 Å². The summed E-state index contributed by atoms with van der Waals surface area (Å²) in [6, 6.07) is 11.7. The van der Waals surface area contributed by atoms with Crippen LogP contribution in [0.4, 0.5) is 0 Å². The van der Waals surface area contributed by atoms with E-state index >= 15 is 0 Å². The molecule has 134 valence electrons. The van der Waals surface area contributed by atoms with Gasteiger partial charge in [-0.05, 0) is 30.0 Å². The van der Waals surface area contributed by atoms with Gasteiger partial charge in [0.05, 0.1) is 12.6 Å². The summed E-state index contributed by atoms with van der Waals surface area (Å²) in [4.78, 5) is 19.0. The minimum Gasteiger partial charge on any atom is -0.351 e. The van der Waals surface area contributed by atoms with E-state index in [-0.39, 0.29) is 18.5 Å². The Morgan fingerprint density at radius 3 is 2.68 bits per heavy atom. The Bertz CT molecular complexity index is 716. The van der Waals surface area contributed by atoms with Crippen molar-refractivity contribution in [3.8, 4) is 0 Å². The Morgan fingerprint density at radius 2 is 2.04 bits per heavy atom. The second-order valence-corrected chi connectivity index (χ2v) is 7.21. The zero-order chi connectivity index (χ0) is 18.2. The fourth-order valence-corrected chi connectivity index (χ4v) is 3.08. The summed E-state index contributed by atoms with van der Waals surface area (Å²) in [6.07, 6.45) is 0. The van der Waals surface area contributed by atoms with Crippen molar-refractivity contribution in [2.24, 2.45) is 4.99 Å². The highest BCUT2D eigenvalue weighted by atomic mass is 35.5. The molecule has 0 saturated heterocycles. The summed E-state index contributed by atoms with van der Waals surface area (Å²) >= 11 is 7.94. The first-order valence-corrected chi connectivity index (χ1v) is 9.25. The fourth-order valence-electron chi connectivity index (χ4n) is 2.13. The molecule has 1 atom stereocenters. The lowest BCUT2D eigenvalue weighted by atomic mass is 10.1. The fraction of sp³-hybridized carbons (Fsp3) is 0.333. The van der Waals surface area contributed by atoms with E-state index in [1.165, 1.54) is 9.78 Å². The lowest BCUT2D eigenvalue weighted by molar-refractivity contribution is -0.127. The number of rotatable bonds is 6. The van der Waals surface area contributed by atoms with Gasteiger partial charge in [0.2, 0.25) is 5.91 Å². The number of benzene rings is 1. The smallest absolute Gasteiger partial charge is 0.243 e. The molecule has 0 aliphatic carbocycles. The van der Waals surface area contributed by atoms with E-state index in [1.54, 1.807) is 25.4 Å². The summed E-state index contributed by atoms with van der Waals surface area (Å²) in [5.41, 5.74) is 0.980. The average Bonchev–Trinajstić information content (AvgIpc) is 3.10. The van der Waals surface area contributed by atoms with Gasteiger partial charge in [0.1, 0.15) is 6.54 Å². The van der Waals surface area contributed by atoms with Crippen molar-refractivity contribution in [1.29, 1.82) is 0 Å². The Labute approximate surface area is 157 Å². The normalized spacial score (nSPS) is 12.6. The topological polar surface area (TPSA) is 56.7 Å². The third-order valence-electron chi connectivity index (χ3n) is 3.61. The number of nitrogens with zero attached hydrogens (tertiary/aromatic N) is 2. The van der Waals surface area contributed by atoms with E-state index < -0.39 is 0 Å². The van der Waals surface area contributed by atoms with Crippen LogP contribution in [0.25, 0.3) is 0 Å². The number of nitrogens with one attached hydrogen (secondary N) is 2. The molecule has 0 spiro atoms. The van der Waals surface area contributed by atoms with Gasteiger partial charge in [-0.3, -0.25) is 4.79 Å². The standard InChI is InChI=1S/C18H23ClN4OS/c1-13(15-8-4-5-9-16(15)19)22-18(21-12-17(24)23(2)3)20-11-14-7-6-10-25-14/h4-10,13H,11-12H2,1-3H3,(H2,20,21,22). The quantitative estimate of drug-likeness (QED) is 0.599. The highest BCUT2D eigenvalue weighted by molar-refractivity contribution is 7.09. The molecule has 0 bridgehead atoms. The Hall–Kier alpha value is -2.05. The molecule has 25 heavy (non-hydrogen) atoms. The number of guanidine groups is 1. The van der Waals surface area contributed by atoms with Crippen LogP contribution in [0.3, 0.4) is 0 Å². The molecule has 0 fully saturated rings. The number of thiophene rings is 1. The third-order valence-corrected chi connectivity index (χ3v) is 4.83. The highest BCUT2D eigenvalue weighted by Crippen LogP contribution is 2.22. The predicted molar refractivity (Wildman–Crippen MR) is 105 cm³/mol. The van der Waals surface area contributed by atoms with Gasteiger partial charge in [-0.15, -0.1) is 11.3 Å². The van der Waals surface area contributed by atoms with Gasteiger partial charge < -0.3 is 15.5 Å². The SMILES string of the molecule is CC(NC(=NCC(=O)N(C)C)NCc1cccs1)c1ccccc1Cl. The summed E-state index contributed by atoms with van der Waals surface area (Å²) in [5, 5.41) is 9.32. The molecule has 1 amide bonds. The second-order valence-electron chi connectivity index (χ2n) is 5.77. The molecule has 1 unspecified atom stereocenters. The van der Waals surface area contributed by atoms with E-state index in [9.17, 15) is 4.79 Å². The third kappa shape index (κ3) is 6.07. The van der Waals surface area contributed by atoms with Crippen molar-refractivity contribution in [2.45, 2.75) is 19.5 Å². The molecule has 2 aromatic rings. The first-order chi connectivity index (χ1) is 12.0. The Balaban J connectivity index is 2.08. The van der Waals surface area contributed by atoms with Crippen LogP contribution in [0, 0.1) is 0 Å². The number of hydrogen-bond acceptors (Lipinski definition) is 3. The van der Waals surface area contributed by atoms with E-state index in [4.69, 9.17) is 11.6 Å². The number of likely N-dealkylation sites (N-methyl/N-ethyl adjacent to an activating group) is 1. The summed E-state index contributed by atoms with van der Waals surface area (Å²) in [6.45, 7) is 2.74. The van der Waals surface area contributed by atoms with Gasteiger partial charge in [-0.1, -0.05) is 35.9 Å². The van der Waals surface area contributed by atoms with E-state index in [1.807, 2.05) is 42.6 Å². The molecule has 0 radical (unpaired) electrons. The zero-order valence-corrected chi connectivity index (χ0v) is 16.2. The molecule has 0 aliphatic heterocycles. The summed E-state index contributed by atoms with van der Waals surface area (Å²) in [7, 11) is 3.44. The van der Waals surface area contributed by atoms with Gasteiger partial charge in [0, 0.05) is 24.0 Å². The molecule has 2 N–H and O–H groups in total. The van der Waals surface area contributed by atoms with Gasteiger partial charge in [0.25, 0.3) is 0 Å². The minimum atomic E-state index is -0.0531. The Morgan fingerprint density at radius 1 is 1.28 bits per heavy atom. The minimum absolute atomic E-state index is 0.0438. The van der Waals surface area contributed by atoms with Crippen molar-refractivity contribution in [2.75, 3.05) is 20.6 Å². The van der Waals surface area contributed by atoms with Crippen LogP contribution in [0.5, 0.6) is 0 Å². The number of carbonyl (C=O) groups excluding carboxylic acids is 1. The molecule has 0 aliphatic rings. The van der Waals surface area contributed by atoms with E-state index in [0.29, 0.717) is 17.5 Å². The molecular formula is C18H23ClN4OS. The zero-order valence-electron chi connectivity index (χ0n) is 14.6. The Kier molecular flexibility index (Phi) is 7.28. The van der Waals surface area contributed by atoms with Gasteiger partial charge in [-0.25, -0.2) is 4.99 Å². The molecule has 1 aromatic heterocycles. The van der Waals surface area contributed by atoms with Crippen molar-refractivity contribution in [3.63, 3.8) is 0 Å². The first-order valence-electron chi connectivity index (χ1n) is 7.99. The van der Waals surface area contributed by atoms with Crippen LogP contribution in [0.2, 0.25) is 5.02 Å². The molecule has 0 saturated carbocycles. The summed E-state index contributed by atoms with van der Waals surface area (Å²) in [5.74, 6) is 0.527. The molecule has 5 nitrogen and oxygen atoms in total. The number of hydrogen-bond donors (Lipinski definition) is 2. The van der Waals surface area contributed by atoms with Crippen LogP contribution in [-0.4, -0.2) is 37.4 Å². The van der Waals surface area contributed by atoms with Crippen LogP contribution in [0.1, 0.15) is 23.4 Å². The monoisotopic (exact) mass is 378 g/mol. The second kappa shape index (κ2) is 9.44. The lowest BCUT2D eigenvalue weighted by Gasteiger charge is -2.19. The maximum Gasteiger partial charge on any atom is 0.243 e. The average molecular weight is 379 g/mol. The maximum atomic E-state index is 11.8. The van der Waals surface area contributed by atoms with Crippen molar-refractivity contribution < 1.29 is 4.79 Å². The first kappa shape index (κ1) is 19.3. The van der Waals surface area contributed by atoms with E-state index in [0.717, 1.165) is 5.56 Å². The largest absolute Gasteiger partial charge is 0.351 e. The van der Waals surface area contributed by atoms with E-state index in [2.05, 4.69) is 21.7 Å². The van der Waals surface area contributed by atoms with Crippen LogP contribution in [0.15, 0.2) is 46.8 Å². The number of aliphatic imine (C=N–C) groups is 1. The number of halogens is 1. The predicted octanol–water partition coefficient (Wildman–Crippen LogP) is 3.29. The highest BCUT2D eigenvalue weighted by Gasteiger charge is 2.12. The van der Waals surface area contributed by atoms with Gasteiger partial charge >= 0.3 is 0 Å². The number of amides is 1. The number of carbonyl (C=O) groups is 1.